The lowest BCUT2D eigenvalue weighted by Gasteiger charge is -2.07. The third kappa shape index (κ3) is 5.20. The number of aromatic nitrogens is 2. The zero-order valence-corrected chi connectivity index (χ0v) is 9.74. The minimum absolute atomic E-state index is 0.0557. The molecule has 1 aromatic heterocycles. The molecule has 0 atom stereocenters. The number of alkyl halides is 3. The molecule has 0 aliphatic heterocycles. The molecule has 0 fully saturated rings. The monoisotopic (exact) mass is 251 g/mol. The van der Waals surface area contributed by atoms with E-state index in [-0.39, 0.29) is 24.1 Å². The Balaban J connectivity index is 2.37. The van der Waals surface area contributed by atoms with Crippen molar-refractivity contribution in [1.82, 2.24) is 9.97 Å². The van der Waals surface area contributed by atoms with Crippen LogP contribution in [0.15, 0.2) is 6.07 Å². The Kier molecular flexibility index (Phi) is 4.40. The smallest absolute Gasteiger partial charge is 0.353 e. The van der Waals surface area contributed by atoms with Crippen molar-refractivity contribution in [1.29, 1.82) is 0 Å². The van der Waals surface area contributed by atoms with Gasteiger partial charge in [-0.05, 0) is 31.7 Å². The van der Waals surface area contributed by atoms with Gasteiger partial charge in [-0.1, -0.05) is 0 Å². The molecule has 1 heterocycles. The number of halogens is 3. The zero-order valence-electron chi connectivity index (χ0n) is 8.93. The molecule has 0 spiro atoms. The van der Waals surface area contributed by atoms with E-state index in [0.717, 1.165) is 11.4 Å². The van der Waals surface area contributed by atoms with Gasteiger partial charge in [0.1, 0.15) is 0 Å². The molecule has 0 aliphatic rings. The lowest BCUT2D eigenvalue weighted by molar-refractivity contribution is -0.0327. The highest BCUT2D eigenvalue weighted by Gasteiger charge is 2.27. The second-order valence-electron chi connectivity index (χ2n) is 3.20. The molecular weight excluding hydrogens is 239 g/mol. The van der Waals surface area contributed by atoms with Gasteiger partial charge in [-0.3, -0.25) is 0 Å². The van der Waals surface area contributed by atoms with Crippen molar-refractivity contribution in [3.8, 4) is 0 Å². The fraction of sp³-hybridized carbons (Fsp3) is 0.556. The lowest BCUT2D eigenvalue weighted by atomic mass is 10.4. The van der Waals surface area contributed by atoms with Crippen LogP contribution in [0.1, 0.15) is 11.4 Å². The molecule has 0 unspecified atom stereocenters. The normalized spacial score (nSPS) is 11.6. The molecule has 0 bridgehead atoms. The average Bonchev–Trinajstić information content (AvgIpc) is 2.09. The molecule has 0 aliphatic carbocycles. The van der Waals surface area contributed by atoms with Crippen LogP contribution in [0.5, 0.6) is 0 Å². The van der Waals surface area contributed by atoms with Crippen LogP contribution in [0, 0.1) is 13.8 Å². The van der Waals surface area contributed by atoms with E-state index in [1.165, 1.54) is 0 Å². The summed E-state index contributed by atoms with van der Waals surface area (Å²) in [7, 11) is 0. The first-order valence-electron chi connectivity index (χ1n) is 4.64. The van der Waals surface area contributed by atoms with Crippen molar-refractivity contribution >= 4 is 17.7 Å². The molecule has 0 saturated carbocycles. The number of nitrogens with zero attached hydrogens (tertiary/aromatic N) is 2. The Morgan fingerprint density at radius 2 is 1.81 bits per heavy atom. The summed E-state index contributed by atoms with van der Waals surface area (Å²) < 4.78 is 35.4. The van der Waals surface area contributed by atoms with Crippen molar-refractivity contribution in [2.75, 3.05) is 17.6 Å². The van der Waals surface area contributed by atoms with Crippen LogP contribution in [-0.2, 0) is 0 Å². The summed E-state index contributed by atoms with van der Waals surface area (Å²) in [4.78, 5) is 8.11. The highest BCUT2D eigenvalue weighted by molar-refractivity contribution is 8.00. The number of nitrogens with one attached hydrogen (secondary N) is 1. The van der Waals surface area contributed by atoms with Crippen LogP contribution < -0.4 is 5.32 Å². The van der Waals surface area contributed by atoms with Crippen LogP contribution in [0.2, 0.25) is 0 Å². The molecule has 7 heteroatoms. The van der Waals surface area contributed by atoms with Crippen molar-refractivity contribution in [3.05, 3.63) is 17.5 Å². The van der Waals surface area contributed by atoms with Crippen molar-refractivity contribution in [2.45, 2.75) is 19.4 Å². The highest BCUT2D eigenvalue weighted by atomic mass is 32.2. The second-order valence-corrected chi connectivity index (χ2v) is 4.36. The molecule has 1 rings (SSSR count). The summed E-state index contributed by atoms with van der Waals surface area (Å²) in [5.74, 6) is 0.320. The van der Waals surface area contributed by atoms with E-state index in [4.69, 9.17) is 0 Å². The Bertz CT molecular complexity index is 334. The number of anilines is 1. The lowest BCUT2D eigenvalue weighted by Crippen LogP contribution is -2.11. The topological polar surface area (TPSA) is 37.8 Å². The zero-order chi connectivity index (χ0) is 12.2. The first-order chi connectivity index (χ1) is 7.37. The molecule has 16 heavy (non-hydrogen) atoms. The molecular formula is C9H12F3N3S. The van der Waals surface area contributed by atoms with Crippen molar-refractivity contribution in [3.63, 3.8) is 0 Å². The minimum Gasteiger partial charge on any atom is -0.353 e. The van der Waals surface area contributed by atoms with Crippen LogP contribution in [0.25, 0.3) is 0 Å². The van der Waals surface area contributed by atoms with Gasteiger partial charge < -0.3 is 5.32 Å². The Labute approximate surface area is 95.9 Å². The number of aryl methyl sites for hydroxylation is 2. The Morgan fingerprint density at radius 3 is 2.31 bits per heavy atom. The summed E-state index contributed by atoms with van der Waals surface area (Å²) in [6.07, 6.45) is 0. The maximum atomic E-state index is 11.8. The van der Waals surface area contributed by atoms with Crippen molar-refractivity contribution in [2.24, 2.45) is 0 Å². The predicted molar refractivity (Wildman–Crippen MR) is 58.5 cm³/mol. The maximum Gasteiger partial charge on any atom is 0.441 e. The number of hydrogen-bond acceptors (Lipinski definition) is 4. The van der Waals surface area contributed by atoms with Gasteiger partial charge in [0.05, 0.1) is 0 Å². The number of rotatable bonds is 4. The van der Waals surface area contributed by atoms with E-state index in [9.17, 15) is 13.2 Å². The van der Waals surface area contributed by atoms with Crippen LogP contribution in [0.4, 0.5) is 19.1 Å². The quantitative estimate of drug-likeness (QED) is 0.835. The average molecular weight is 251 g/mol. The third-order valence-corrected chi connectivity index (χ3v) is 2.37. The van der Waals surface area contributed by atoms with Gasteiger partial charge >= 0.3 is 5.51 Å². The summed E-state index contributed by atoms with van der Waals surface area (Å²) in [5, 5.41) is 2.76. The maximum absolute atomic E-state index is 11.8. The van der Waals surface area contributed by atoms with E-state index in [2.05, 4.69) is 15.3 Å². The molecule has 0 radical (unpaired) electrons. The molecule has 0 amide bonds. The van der Waals surface area contributed by atoms with E-state index in [0.29, 0.717) is 5.95 Å². The first kappa shape index (κ1) is 13.1. The van der Waals surface area contributed by atoms with Gasteiger partial charge in [0.25, 0.3) is 0 Å². The van der Waals surface area contributed by atoms with Crippen LogP contribution in [-0.4, -0.2) is 27.8 Å². The van der Waals surface area contributed by atoms with E-state index in [1.54, 1.807) is 6.07 Å². The third-order valence-electron chi connectivity index (χ3n) is 1.63. The van der Waals surface area contributed by atoms with Gasteiger partial charge in [-0.2, -0.15) is 13.2 Å². The van der Waals surface area contributed by atoms with Crippen LogP contribution >= 0.6 is 11.8 Å². The highest BCUT2D eigenvalue weighted by Crippen LogP contribution is 2.29. The molecule has 1 aromatic rings. The van der Waals surface area contributed by atoms with Crippen LogP contribution in [0.3, 0.4) is 0 Å². The molecule has 0 aromatic carbocycles. The molecule has 0 saturated heterocycles. The number of hydrogen-bond donors (Lipinski definition) is 1. The number of thioether (sulfide) groups is 1. The Hall–Kier alpha value is -0.980. The fourth-order valence-electron chi connectivity index (χ4n) is 1.13. The molecule has 90 valence electrons. The minimum atomic E-state index is -4.18. The molecule has 3 nitrogen and oxygen atoms in total. The Morgan fingerprint density at radius 1 is 1.25 bits per heavy atom. The van der Waals surface area contributed by atoms with Gasteiger partial charge in [0, 0.05) is 23.7 Å². The molecule has 1 N–H and O–H groups in total. The van der Waals surface area contributed by atoms with Gasteiger partial charge in [0.15, 0.2) is 0 Å². The van der Waals surface area contributed by atoms with E-state index >= 15 is 0 Å². The SMILES string of the molecule is Cc1cc(C)nc(NCCSC(F)(F)F)n1. The summed E-state index contributed by atoms with van der Waals surface area (Å²) in [6.45, 7) is 3.81. The van der Waals surface area contributed by atoms with Gasteiger partial charge in [-0.15, -0.1) is 0 Å². The van der Waals surface area contributed by atoms with E-state index < -0.39 is 5.51 Å². The standard InChI is InChI=1S/C9H12F3N3S/c1-6-5-7(2)15-8(14-6)13-3-4-16-9(10,11)12/h5H,3-4H2,1-2H3,(H,13,14,15). The van der Waals surface area contributed by atoms with Gasteiger partial charge in [0.2, 0.25) is 5.95 Å². The summed E-state index contributed by atoms with van der Waals surface area (Å²) in [5.41, 5.74) is -2.60. The first-order valence-corrected chi connectivity index (χ1v) is 5.62. The van der Waals surface area contributed by atoms with Gasteiger partial charge in [-0.25, -0.2) is 9.97 Å². The second kappa shape index (κ2) is 5.38. The summed E-state index contributed by atoms with van der Waals surface area (Å²) in [6, 6.07) is 1.80. The van der Waals surface area contributed by atoms with E-state index in [1.807, 2.05) is 13.8 Å². The predicted octanol–water partition coefficient (Wildman–Crippen LogP) is 2.76. The summed E-state index contributed by atoms with van der Waals surface area (Å²) >= 11 is -0.0568. The van der Waals surface area contributed by atoms with Crippen molar-refractivity contribution < 1.29 is 13.2 Å². The fourth-order valence-corrected chi connectivity index (χ4v) is 1.57. The largest absolute Gasteiger partial charge is 0.441 e.